The minimum absolute atomic E-state index is 0.173. The van der Waals surface area contributed by atoms with E-state index in [1.165, 1.54) is 6.07 Å². The molecule has 0 amide bonds. The van der Waals surface area contributed by atoms with Gasteiger partial charge < -0.3 is 14.8 Å². The highest BCUT2D eigenvalue weighted by Crippen LogP contribution is 2.29. The number of nitrogens with one attached hydrogen (secondary N) is 1. The van der Waals surface area contributed by atoms with Gasteiger partial charge in [0.05, 0.1) is 12.1 Å². The molecule has 2 aromatic rings. The highest BCUT2D eigenvalue weighted by Gasteiger charge is 2.30. The van der Waals surface area contributed by atoms with Crippen LogP contribution >= 0.6 is 0 Å². The number of rotatable bonds is 5. The molecule has 20 heavy (non-hydrogen) atoms. The fourth-order valence-electron chi connectivity index (χ4n) is 1.79. The van der Waals surface area contributed by atoms with Gasteiger partial charge in [-0.05, 0) is 23.8 Å². The minimum atomic E-state index is -4.33. The van der Waals surface area contributed by atoms with Crippen LogP contribution in [0.1, 0.15) is 22.6 Å². The molecule has 0 aliphatic heterocycles. The zero-order valence-corrected chi connectivity index (χ0v) is 10.6. The topological polar surface area (TPSA) is 45.4 Å². The fraction of sp³-hybridized carbons (Fsp3) is 0.286. The quantitative estimate of drug-likeness (QED) is 0.887. The van der Waals surface area contributed by atoms with Crippen molar-refractivity contribution in [2.75, 3.05) is 0 Å². The van der Waals surface area contributed by atoms with Gasteiger partial charge in [0.1, 0.15) is 18.1 Å². The number of hydrogen-bond acceptors (Lipinski definition) is 3. The molecule has 3 nitrogen and oxygen atoms in total. The zero-order chi connectivity index (χ0) is 14.6. The molecule has 0 saturated carbocycles. The monoisotopic (exact) mass is 285 g/mol. The number of aliphatic hydroxyl groups excluding tert-OH is 1. The smallest absolute Gasteiger partial charge is 0.416 e. The standard InChI is InChI=1S/C14H14F3NO2/c15-14(16,17)11-3-1-2-10(6-11)7-18-8-12-4-5-13(9-19)20-12/h1-6,18-19H,7-9H2. The van der Waals surface area contributed by atoms with Crippen molar-refractivity contribution in [1.82, 2.24) is 5.32 Å². The van der Waals surface area contributed by atoms with Gasteiger partial charge in [0.15, 0.2) is 0 Å². The summed E-state index contributed by atoms with van der Waals surface area (Å²) in [5, 5.41) is 11.8. The van der Waals surface area contributed by atoms with Gasteiger partial charge in [0, 0.05) is 6.54 Å². The molecule has 0 unspecified atom stereocenters. The summed E-state index contributed by atoms with van der Waals surface area (Å²) in [6.45, 7) is 0.517. The van der Waals surface area contributed by atoms with Crippen LogP contribution in [0.5, 0.6) is 0 Å². The summed E-state index contributed by atoms with van der Waals surface area (Å²) < 4.78 is 42.9. The van der Waals surface area contributed by atoms with Gasteiger partial charge >= 0.3 is 6.18 Å². The summed E-state index contributed by atoms with van der Waals surface area (Å²) in [6.07, 6.45) is -4.33. The minimum Gasteiger partial charge on any atom is -0.462 e. The van der Waals surface area contributed by atoms with E-state index in [1.54, 1.807) is 18.2 Å². The zero-order valence-electron chi connectivity index (χ0n) is 10.6. The van der Waals surface area contributed by atoms with E-state index in [4.69, 9.17) is 9.52 Å². The normalized spacial score (nSPS) is 11.8. The van der Waals surface area contributed by atoms with Crippen molar-refractivity contribution >= 4 is 0 Å². The lowest BCUT2D eigenvalue weighted by Gasteiger charge is -2.09. The lowest BCUT2D eigenvalue weighted by atomic mass is 10.1. The first-order chi connectivity index (χ1) is 9.49. The summed E-state index contributed by atoms with van der Waals surface area (Å²) in [5.74, 6) is 1.09. The largest absolute Gasteiger partial charge is 0.462 e. The first-order valence-electron chi connectivity index (χ1n) is 6.04. The van der Waals surface area contributed by atoms with Crippen LogP contribution < -0.4 is 5.32 Å². The van der Waals surface area contributed by atoms with E-state index in [0.29, 0.717) is 30.2 Å². The van der Waals surface area contributed by atoms with Crippen molar-refractivity contribution in [2.24, 2.45) is 0 Å². The number of alkyl halides is 3. The van der Waals surface area contributed by atoms with Crippen LogP contribution in [-0.4, -0.2) is 5.11 Å². The Balaban J connectivity index is 1.91. The molecule has 1 aromatic carbocycles. The van der Waals surface area contributed by atoms with E-state index in [2.05, 4.69) is 5.32 Å². The summed E-state index contributed by atoms with van der Waals surface area (Å²) in [6, 6.07) is 8.55. The van der Waals surface area contributed by atoms with Gasteiger partial charge in [-0.15, -0.1) is 0 Å². The van der Waals surface area contributed by atoms with Crippen molar-refractivity contribution in [3.63, 3.8) is 0 Å². The summed E-state index contributed by atoms with van der Waals surface area (Å²) in [5.41, 5.74) is -0.105. The van der Waals surface area contributed by atoms with Crippen molar-refractivity contribution < 1.29 is 22.7 Å². The van der Waals surface area contributed by atoms with E-state index < -0.39 is 11.7 Å². The summed E-state index contributed by atoms with van der Waals surface area (Å²) in [7, 11) is 0. The lowest BCUT2D eigenvalue weighted by molar-refractivity contribution is -0.137. The van der Waals surface area contributed by atoms with Gasteiger partial charge in [0.2, 0.25) is 0 Å². The van der Waals surface area contributed by atoms with E-state index in [-0.39, 0.29) is 6.61 Å². The molecule has 0 atom stereocenters. The molecule has 0 spiro atoms. The third-order valence-corrected chi connectivity index (χ3v) is 2.76. The Bertz CT molecular complexity index is 564. The van der Waals surface area contributed by atoms with Crippen LogP contribution in [-0.2, 0) is 25.9 Å². The summed E-state index contributed by atoms with van der Waals surface area (Å²) in [4.78, 5) is 0. The molecule has 0 aliphatic rings. The Kier molecular flexibility index (Phi) is 4.46. The van der Waals surface area contributed by atoms with Gasteiger partial charge in [0.25, 0.3) is 0 Å². The van der Waals surface area contributed by atoms with Crippen LogP contribution in [0.4, 0.5) is 13.2 Å². The van der Waals surface area contributed by atoms with Gasteiger partial charge in [-0.1, -0.05) is 18.2 Å². The molecule has 0 fully saturated rings. The van der Waals surface area contributed by atoms with Gasteiger partial charge in [-0.25, -0.2) is 0 Å². The highest BCUT2D eigenvalue weighted by atomic mass is 19.4. The second-order valence-electron chi connectivity index (χ2n) is 4.33. The van der Waals surface area contributed by atoms with E-state index in [1.807, 2.05) is 0 Å². The SMILES string of the molecule is OCc1ccc(CNCc2cccc(C(F)(F)F)c2)o1. The molecule has 0 saturated heterocycles. The number of benzene rings is 1. The van der Waals surface area contributed by atoms with Gasteiger partial charge in [-0.2, -0.15) is 13.2 Å². The maximum Gasteiger partial charge on any atom is 0.416 e. The molecule has 6 heteroatoms. The predicted octanol–water partition coefficient (Wildman–Crippen LogP) is 3.08. The van der Waals surface area contributed by atoms with Crippen LogP contribution in [0.15, 0.2) is 40.8 Å². The maximum absolute atomic E-state index is 12.5. The predicted molar refractivity (Wildman–Crippen MR) is 66.6 cm³/mol. The second kappa shape index (κ2) is 6.11. The van der Waals surface area contributed by atoms with Gasteiger partial charge in [-0.3, -0.25) is 0 Å². The lowest BCUT2D eigenvalue weighted by Crippen LogP contribution is -2.13. The van der Waals surface area contributed by atoms with Crippen molar-refractivity contribution in [3.05, 3.63) is 59.0 Å². The van der Waals surface area contributed by atoms with Crippen LogP contribution in [0.25, 0.3) is 0 Å². The highest BCUT2D eigenvalue weighted by molar-refractivity contribution is 5.25. The molecule has 2 N–H and O–H groups in total. The average Bonchev–Trinajstić information content (AvgIpc) is 2.86. The number of aliphatic hydroxyl groups is 1. The first kappa shape index (κ1) is 14.6. The first-order valence-corrected chi connectivity index (χ1v) is 6.04. The summed E-state index contributed by atoms with van der Waals surface area (Å²) >= 11 is 0. The number of hydrogen-bond donors (Lipinski definition) is 2. The molecule has 1 heterocycles. The van der Waals surface area contributed by atoms with Crippen molar-refractivity contribution in [2.45, 2.75) is 25.9 Å². The Morgan fingerprint density at radius 2 is 1.80 bits per heavy atom. The molecule has 1 aromatic heterocycles. The van der Waals surface area contributed by atoms with E-state index >= 15 is 0 Å². The third-order valence-electron chi connectivity index (χ3n) is 2.76. The van der Waals surface area contributed by atoms with Crippen LogP contribution in [0.2, 0.25) is 0 Å². The van der Waals surface area contributed by atoms with Crippen LogP contribution in [0, 0.1) is 0 Å². The molecule has 0 bridgehead atoms. The fourth-order valence-corrected chi connectivity index (χ4v) is 1.79. The number of furan rings is 1. The Morgan fingerprint density at radius 3 is 2.45 bits per heavy atom. The van der Waals surface area contributed by atoms with E-state index in [0.717, 1.165) is 12.1 Å². The van der Waals surface area contributed by atoms with Crippen LogP contribution in [0.3, 0.4) is 0 Å². The van der Waals surface area contributed by atoms with Crippen molar-refractivity contribution in [1.29, 1.82) is 0 Å². The molecule has 0 radical (unpaired) electrons. The molecule has 0 aliphatic carbocycles. The number of halogens is 3. The maximum atomic E-state index is 12.5. The second-order valence-corrected chi connectivity index (χ2v) is 4.33. The van der Waals surface area contributed by atoms with E-state index in [9.17, 15) is 13.2 Å². The Morgan fingerprint density at radius 1 is 1.05 bits per heavy atom. The molecular formula is C14H14F3NO2. The molecular weight excluding hydrogens is 271 g/mol. The Labute approximate surface area is 114 Å². The molecule has 108 valence electrons. The average molecular weight is 285 g/mol. The third kappa shape index (κ3) is 3.85. The Hall–Kier alpha value is -1.79. The van der Waals surface area contributed by atoms with Crippen molar-refractivity contribution in [3.8, 4) is 0 Å². The molecule has 2 rings (SSSR count).